The molecular weight excluding hydrogens is 316 g/mol. The minimum absolute atomic E-state index is 0.0136. The van der Waals surface area contributed by atoms with Crippen molar-refractivity contribution >= 4 is 5.91 Å². The zero-order chi connectivity index (χ0) is 18.6. The highest BCUT2D eigenvalue weighted by Gasteiger charge is 2.20. The number of aryl methyl sites for hydroxylation is 2. The van der Waals surface area contributed by atoms with Gasteiger partial charge in [-0.1, -0.05) is 18.2 Å². The Kier molecular flexibility index (Phi) is 6.33. The summed E-state index contributed by atoms with van der Waals surface area (Å²) in [6.07, 6.45) is 0.0416. The highest BCUT2D eigenvalue weighted by atomic mass is 16.5. The van der Waals surface area contributed by atoms with Crippen molar-refractivity contribution in [1.29, 1.82) is 0 Å². The van der Waals surface area contributed by atoms with E-state index in [4.69, 9.17) is 10.5 Å². The van der Waals surface area contributed by atoms with Crippen molar-refractivity contribution in [3.05, 3.63) is 46.8 Å². The highest BCUT2D eigenvalue weighted by molar-refractivity contribution is 5.76. The SMILES string of the molecule is COC(CN)CC(=O)N(C)Cc1c(C)nn(-c2ccccc2C)c1C. The molecule has 2 aromatic rings. The summed E-state index contributed by atoms with van der Waals surface area (Å²) in [4.78, 5) is 14.1. The maximum absolute atomic E-state index is 12.4. The molecule has 1 heterocycles. The van der Waals surface area contributed by atoms with Gasteiger partial charge in [-0.05, 0) is 32.4 Å². The molecule has 1 aromatic heterocycles. The molecule has 0 aliphatic rings. The maximum atomic E-state index is 12.4. The van der Waals surface area contributed by atoms with Gasteiger partial charge in [0, 0.05) is 38.5 Å². The number of nitrogens with two attached hydrogens (primary N) is 1. The number of hydrogen-bond acceptors (Lipinski definition) is 4. The summed E-state index contributed by atoms with van der Waals surface area (Å²) < 4.78 is 7.16. The Balaban J connectivity index is 2.21. The Bertz CT molecular complexity index is 735. The van der Waals surface area contributed by atoms with Crippen LogP contribution in [0, 0.1) is 20.8 Å². The predicted octanol–water partition coefficient (Wildman–Crippen LogP) is 2.12. The number of rotatable bonds is 7. The van der Waals surface area contributed by atoms with Crippen LogP contribution in [0.1, 0.15) is 28.9 Å². The van der Waals surface area contributed by atoms with Crippen molar-refractivity contribution in [1.82, 2.24) is 14.7 Å². The van der Waals surface area contributed by atoms with E-state index in [2.05, 4.69) is 24.2 Å². The number of hydrogen-bond donors (Lipinski definition) is 1. The van der Waals surface area contributed by atoms with Crippen LogP contribution in [0.4, 0.5) is 0 Å². The van der Waals surface area contributed by atoms with Crippen LogP contribution in [0.15, 0.2) is 24.3 Å². The fourth-order valence-corrected chi connectivity index (χ4v) is 2.88. The molecule has 1 aromatic carbocycles. The van der Waals surface area contributed by atoms with Gasteiger partial charge in [0.15, 0.2) is 0 Å². The van der Waals surface area contributed by atoms with Crippen LogP contribution in [0.25, 0.3) is 5.69 Å². The number of carbonyl (C=O) groups is 1. The Hall–Kier alpha value is -2.18. The topological polar surface area (TPSA) is 73.4 Å². The summed E-state index contributed by atoms with van der Waals surface area (Å²) >= 11 is 0. The zero-order valence-electron chi connectivity index (χ0n) is 15.7. The maximum Gasteiger partial charge on any atom is 0.225 e. The molecule has 2 rings (SSSR count). The van der Waals surface area contributed by atoms with E-state index < -0.39 is 0 Å². The molecule has 0 saturated heterocycles. The molecular formula is C19H28N4O2. The van der Waals surface area contributed by atoms with E-state index >= 15 is 0 Å². The molecule has 0 spiro atoms. The van der Waals surface area contributed by atoms with Gasteiger partial charge in [-0.15, -0.1) is 0 Å². The largest absolute Gasteiger partial charge is 0.380 e. The van der Waals surface area contributed by atoms with Crippen LogP contribution < -0.4 is 5.73 Å². The first-order chi connectivity index (χ1) is 11.9. The summed E-state index contributed by atoms with van der Waals surface area (Å²) in [6.45, 7) is 6.94. The molecule has 0 aliphatic carbocycles. The number of carbonyl (C=O) groups excluding carboxylic acids is 1. The normalized spacial score (nSPS) is 12.2. The molecule has 0 saturated carbocycles. The molecule has 6 nitrogen and oxygen atoms in total. The number of ether oxygens (including phenoxy) is 1. The lowest BCUT2D eigenvalue weighted by molar-refractivity contribution is -0.132. The summed E-state index contributed by atoms with van der Waals surface area (Å²) in [5.74, 6) is 0.0136. The van der Waals surface area contributed by atoms with Crippen LogP contribution in [-0.2, 0) is 16.1 Å². The number of nitrogens with zero attached hydrogens (tertiary/aromatic N) is 3. The quantitative estimate of drug-likeness (QED) is 0.835. The Morgan fingerprint density at radius 1 is 1.32 bits per heavy atom. The molecule has 0 bridgehead atoms. The molecule has 0 aliphatic heterocycles. The molecule has 0 fully saturated rings. The minimum Gasteiger partial charge on any atom is -0.380 e. The first-order valence-corrected chi connectivity index (χ1v) is 8.47. The summed E-state index contributed by atoms with van der Waals surface area (Å²) in [6, 6.07) is 8.14. The molecule has 1 unspecified atom stereocenters. The van der Waals surface area contributed by atoms with Crippen molar-refractivity contribution in [3.63, 3.8) is 0 Å². The first kappa shape index (κ1) is 19.1. The fourth-order valence-electron chi connectivity index (χ4n) is 2.88. The van der Waals surface area contributed by atoms with Crippen molar-refractivity contribution in [2.24, 2.45) is 5.73 Å². The summed E-state index contributed by atoms with van der Waals surface area (Å²) in [5.41, 5.74) is 10.9. The predicted molar refractivity (Wildman–Crippen MR) is 98.7 cm³/mol. The van der Waals surface area contributed by atoms with Gasteiger partial charge in [-0.3, -0.25) is 4.79 Å². The van der Waals surface area contributed by atoms with Crippen molar-refractivity contribution < 1.29 is 9.53 Å². The van der Waals surface area contributed by atoms with Crippen LogP contribution in [0.3, 0.4) is 0 Å². The average Bonchev–Trinajstić information content (AvgIpc) is 2.87. The Morgan fingerprint density at radius 3 is 2.60 bits per heavy atom. The van der Waals surface area contributed by atoms with Crippen LogP contribution >= 0.6 is 0 Å². The highest BCUT2D eigenvalue weighted by Crippen LogP contribution is 2.21. The van der Waals surface area contributed by atoms with E-state index in [0.717, 1.165) is 28.2 Å². The lowest BCUT2D eigenvalue weighted by Crippen LogP contribution is -2.33. The van der Waals surface area contributed by atoms with E-state index in [9.17, 15) is 4.79 Å². The minimum atomic E-state index is -0.244. The monoisotopic (exact) mass is 344 g/mol. The van der Waals surface area contributed by atoms with Gasteiger partial charge in [0.05, 0.1) is 23.9 Å². The van der Waals surface area contributed by atoms with E-state index in [1.165, 1.54) is 0 Å². The van der Waals surface area contributed by atoms with Crippen LogP contribution in [-0.4, -0.2) is 47.4 Å². The van der Waals surface area contributed by atoms with Crippen molar-refractivity contribution in [2.75, 3.05) is 20.7 Å². The number of methoxy groups -OCH3 is 1. The second-order valence-corrected chi connectivity index (χ2v) is 6.40. The third-order valence-corrected chi connectivity index (χ3v) is 4.60. The molecule has 0 radical (unpaired) electrons. The fraction of sp³-hybridized carbons (Fsp3) is 0.474. The van der Waals surface area contributed by atoms with Crippen molar-refractivity contribution in [2.45, 2.75) is 39.8 Å². The lowest BCUT2D eigenvalue weighted by Gasteiger charge is -2.20. The first-order valence-electron chi connectivity index (χ1n) is 8.47. The molecule has 6 heteroatoms. The Labute approximate surface area is 149 Å². The number of amides is 1. The smallest absolute Gasteiger partial charge is 0.225 e. The summed E-state index contributed by atoms with van der Waals surface area (Å²) in [5, 5.41) is 4.68. The Morgan fingerprint density at radius 2 is 2.00 bits per heavy atom. The number of aromatic nitrogens is 2. The van der Waals surface area contributed by atoms with Gasteiger partial charge < -0.3 is 15.4 Å². The van der Waals surface area contributed by atoms with Gasteiger partial charge in [-0.2, -0.15) is 5.10 Å². The molecule has 2 N–H and O–H groups in total. The van der Waals surface area contributed by atoms with Gasteiger partial charge in [-0.25, -0.2) is 4.68 Å². The standard InChI is InChI=1S/C19H28N4O2/c1-13-8-6-7-9-18(13)23-15(3)17(14(2)21-23)12-22(4)19(24)10-16(11-20)25-5/h6-9,16H,10-12,20H2,1-5H3. The molecule has 136 valence electrons. The third kappa shape index (κ3) is 4.27. The van der Waals surface area contributed by atoms with E-state index in [1.54, 1.807) is 19.1 Å². The summed E-state index contributed by atoms with van der Waals surface area (Å²) in [7, 11) is 3.38. The van der Waals surface area contributed by atoms with E-state index in [1.807, 2.05) is 30.7 Å². The second-order valence-electron chi connectivity index (χ2n) is 6.40. The van der Waals surface area contributed by atoms with E-state index in [0.29, 0.717) is 13.1 Å². The molecule has 1 amide bonds. The van der Waals surface area contributed by atoms with Gasteiger partial charge >= 0.3 is 0 Å². The van der Waals surface area contributed by atoms with Crippen LogP contribution in [0.5, 0.6) is 0 Å². The number of benzene rings is 1. The van der Waals surface area contributed by atoms with Gasteiger partial charge in [0.1, 0.15) is 0 Å². The second kappa shape index (κ2) is 8.27. The van der Waals surface area contributed by atoms with Gasteiger partial charge in [0.25, 0.3) is 0 Å². The van der Waals surface area contributed by atoms with Crippen LogP contribution in [0.2, 0.25) is 0 Å². The van der Waals surface area contributed by atoms with E-state index in [-0.39, 0.29) is 18.4 Å². The van der Waals surface area contributed by atoms with Crippen molar-refractivity contribution in [3.8, 4) is 5.69 Å². The zero-order valence-corrected chi connectivity index (χ0v) is 15.7. The molecule has 1 atom stereocenters. The van der Waals surface area contributed by atoms with Gasteiger partial charge in [0.2, 0.25) is 5.91 Å². The number of para-hydroxylation sites is 1. The lowest BCUT2D eigenvalue weighted by atomic mass is 10.1. The third-order valence-electron chi connectivity index (χ3n) is 4.60. The average molecular weight is 344 g/mol. The molecule has 25 heavy (non-hydrogen) atoms.